The maximum Gasteiger partial charge on any atom is 0.227 e. The number of nitrogens with zero attached hydrogens (tertiary/aromatic N) is 1. The lowest BCUT2D eigenvalue weighted by Gasteiger charge is -2.18. The summed E-state index contributed by atoms with van der Waals surface area (Å²) in [6.07, 6.45) is 1.85. The van der Waals surface area contributed by atoms with Gasteiger partial charge in [0, 0.05) is 6.20 Å². The summed E-state index contributed by atoms with van der Waals surface area (Å²) < 4.78 is 5.96. The third-order valence-corrected chi connectivity index (χ3v) is 2.43. The van der Waals surface area contributed by atoms with E-state index in [1.165, 1.54) is 5.56 Å². The fourth-order valence-corrected chi connectivity index (χ4v) is 1.50. The van der Waals surface area contributed by atoms with Crippen LogP contribution in [0, 0.1) is 0 Å². The van der Waals surface area contributed by atoms with Gasteiger partial charge in [0.25, 0.3) is 0 Å². The Hall–Kier alpha value is -0.570. The minimum absolute atomic E-state index is 0.127. The number of aromatic nitrogens is 1. The zero-order chi connectivity index (χ0) is 10.1. The molecule has 72 valence electrons. The van der Waals surface area contributed by atoms with E-state index in [2.05, 4.69) is 41.7 Å². The van der Waals surface area contributed by atoms with E-state index in [4.69, 9.17) is 4.74 Å². The van der Waals surface area contributed by atoms with Crippen molar-refractivity contribution in [3.8, 4) is 5.88 Å². The molecular formula is C10H14BrNO. The molecule has 0 saturated carbocycles. The smallest absolute Gasteiger partial charge is 0.227 e. The summed E-state index contributed by atoms with van der Waals surface area (Å²) in [5.74, 6) is 0.632. The van der Waals surface area contributed by atoms with E-state index < -0.39 is 0 Å². The van der Waals surface area contributed by atoms with Crippen LogP contribution in [-0.2, 0) is 5.41 Å². The number of pyridine rings is 1. The van der Waals surface area contributed by atoms with Gasteiger partial charge in [-0.15, -0.1) is 0 Å². The Morgan fingerprint density at radius 3 is 2.38 bits per heavy atom. The van der Waals surface area contributed by atoms with Crippen LogP contribution in [0.25, 0.3) is 0 Å². The highest BCUT2D eigenvalue weighted by atomic mass is 79.9. The van der Waals surface area contributed by atoms with Crippen molar-refractivity contribution in [3.05, 3.63) is 22.3 Å². The Balaban J connectivity index is 3.10. The molecule has 1 aromatic heterocycles. The predicted molar refractivity (Wildman–Crippen MR) is 57.2 cm³/mol. The molecule has 0 aromatic carbocycles. The normalized spacial score (nSPS) is 11.5. The van der Waals surface area contributed by atoms with Crippen molar-refractivity contribution in [1.29, 1.82) is 0 Å². The van der Waals surface area contributed by atoms with Crippen LogP contribution in [0.5, 0.6) is 5.88 Å². The van der Waals surface area contributed by atoms with E-state index >= 15 is 0 Å². The van der Waals surface area contributed by atoms with Crippen LogP contribution in [0.2, 0.25) is 0 Å². The van der Waals surface area contributed by atoms with Crippen LogP contribution in [0.3, 0.4) is 0 Å². The number of hydrogen-bond acceptors (Lipinski definition) is 2. The molecule has 0 spiro atoms. The second-order valence-corrected chi connectivity index (χ2v) is 4.82. The lowest BCUT2D eigenvalue weighted by atomic mass is 9.88. The molecule has 1 heterocycles. The highest BCUT2D eigenvalue weighted by Gasteiger charge is 2.15. The Kier molecular flexibility index (Phi) is 2.96. The van der Waals surface area contributed by atoms with Crippen molar-refractivity contribution in [3.63, 3.8) is 0 Å². The number of ether oxygens (including phenoxy) is 1. The summed E-state index contributed by atoms with van der Waals surface area (Å²) in [6.45, 7) is 6.47. The average molecular weight is 244 g/mol. The lowest BCUT2D eigenvalue weighted by Crippen LogP contribution is -2.11. The molecule has 13 heavy (non-hydrogen) atoms. The van der Waals surface area contributed by atoms with Crippen LogP contribution >= 0.6 is 15.9 Å². The first-order valence-electron chi connectivity index (χ1n) is 4.15. The molecule has 0 unspecified atom stereocenters. The minimum Gasteiger partial charge on any atom is -0.480 e. The fraction of sp³-hybridized carbons (Fsp3) is 0.500. The average Bonchev–Trinajstić information content (AvgIpc) is 2.02. The highest BCUT2D eigenvalue weighted by Crippen LogP contribution is 2.28. The van der Waals surface area contributed by atoms with Gasteiger partial charge in [-0.05, 0) is 33.0 Å². The Bertz CT molecular complexity index is 304. The van der Waals surface area contributed by atoms with Crippen LogP contribution in [0.4, 0.5) is 0 Å². The number of halogens is 1. The van der Waals surface area contributed by atoms with Crippen molar-refractivity contribution in [2.75, 3.05) is 7.11 Å². The number of rotatable bonds is 1. The number of methoxy groups -OCH3 is 1. The Morgan fingerprint density at radius 1 is 1.38 bits per heavy atom. The Morgan fingerprint density at radius 2 is 2.00 bits per heavy atom. The molecule has 0 aliphatic rings. The summed E-state index contributed by atoms with van der Waals surface area (Å²) in [6, 6.07) is 2.05. The monoisotopic (exact) mass is 243 g/mol. The summed E-state index contributed by atoms with van der Waals surface area (Å²) in [5.41, 5.74) is 1.32. The van der Waals surface area contributed by atoms with Gasteiger partial charge in [0.1, 0.15) is 0 Å². The largest absolute Gasteiger partial charge is 0.480 e. The molecule has 2 nitrogen and oxygen atoms in total. The fourth-order valence-electron chi connectivity index (χ4n) is 0.986. The van der Waals surface area contributed by atoms with Gasteiger partial charge in [-0.25, -0.2) is 4.98 Å². The molecule has 0 atom stereocenters. The quantitative estimate of drug-likeness (QED) is 0.757. The van der Waals surface area contributed by atoms with Gasteiger partial charge in [0.05, 0.1) is 11.6 Å². The predicted octanol–water partition coefficient (Wildman–Crippen LogP) is 3.15. The molecule has 3 heteroatoms. The summed E-state index contributed by atoms with van der Waals surface area (Å²) in [7, 11) is 1.61. The van der Waals surface area contributed by atoms with Gasteiger partial charge in [0.15, 0.2) is 0 Å². The first kappa shape index (κ1) is 10.5. The van der Waals surface area contributed by atoms with Crippen LogP contribution in [-0.4, -0.2) is 12.1 Å². The molecule has 0 amide bonds. The van der Waals surface area contributed by atoms with Gasteiger partial charge in [-0.3, -0.25) is 0 Å². The van der Waals surface area contributed by atoms with E-state index in [1.807, 2.05) is 12.3 Å². The molecule has 1 aromatic rings. The van der Waals surface area contributed by atoms with Crippen molar-refractivity contribution < 1.29 is 4.74 Å². The first-order valence-corrected chi connectivity index (χ1v) is 4.94. The zero-order valence-corrected chi connectivity index (χ0v) is 9.97. The van der Waals surface area contributed by atoms with E-state index in [-0.39, 0.29) is 5.41 Å². The molecule has 0 N–H and O–H groups in total. The van der Waals surface area contributed by atoms with E-state index in [0.29, 0.717) is 5.88 Å². The molecule has 0 aliphatic carbocycles. The van der Waals surface area contributed by atoms with Gasteiger partial charge in [0.2, 0.25) is 5.88 Å². The second-order valence-electron chi connectivity index (χ2n) is 3.97. The molecule has 0 aliphatic heterocycles. The van der Waals surface area contributed by atoms with Gasteiger partial charge in [-0.2, -0.15) is 0 Å². The summed E-state index contributed by atoms with van der Waals surface area (Å²) in [4.78, 5) is 4.19. The van der Waals surface area contributed by atoms with E-state index in [9.17, 15) is 0 Å². The van der Waals surface area contributed by atoms with Gasteiger partial charge >= 0.3 is 0 Å². The third kappa shape index (κ3) is 2.44. The molecule has 0 saturated heterocycles. The second kappa shape index (κ2) is 3.66. The molecule has 1 rings (SSSR count). The standard InChI is InChI=1S/C10H14BrNO/c1-10(2,3)7-5-8(11)9(13-4)12-6-7/h5-6H,1-4H3. The summed E-state index contributed by atoms with van der Waals surface area (Å²) in [5, 5.41) is 0. The third-order valence-electron chi connectivity index (χ3n) is 1.87. The molecular weight excluding hydrogens is 230 g/mol. The molecule has 0 bridgehead atoms. The van der Waals surface area contributed by atoms with E-state index in [0.717, 1.165) is 4.47 Å². The maximum absolute atomic E-state index is 5.05. The van der Waals surface area contributed by atoms with E-state index in [1.54, 1.807) is 7.11 Å². The van der Waals surface area contributed by atoms with Gasteiger partial charge < -0.3 is 4.74 Å². The van der Waals surface area contributed by atoms with Crippen LogP contribution < -0.4 is 4.74 Å². The Labute approximate surface area is 87.5 Å². The van der Waals surface area contributed by atoms with Crippen molar-refractivity contribution >= 4 is 15.9 Å². The summed E-state index contributed by atoms with van der Waals surface area (Å²) >= 11 is 3.41. The topological polar surface area (TPSA) is 22.1 Å². The van der Waals surface area contributed by atoms with Crippen molar-refractivity contribution in [1.82, 2.24) is 4.98 Å². The lowest BCUT2D eigenvalue weighted by molar-refractivity contribution is 0.394. The SMILES string of the molecule is COc1ncc(C(C)(C)C)cc1Br. The van der Waals surface area contributed by atoms with Crippen molar-refractivity contribution in [2.24, 2.45) is 0 Å². The van der Waals surface area contributed by atoms with Gasteiger partial charge in [-0.1, -0.05) is 20.8 Å². The first-order chi connectivity index (χ1) is 5.95. The highest BCUT2D eigenvalue weighted by molar-refractivity contribution is 9.10. The molecule has 0 fully saturated rings. The van der Waals surface area contributed by atoms with Crippen LogP contribution in [0.1, 0.15) is 26.3 Å². The zero-order valence-electron chi connectivity index (χ0n) is 8.39. The van der Waals surface area contributed by atoms with Crippen LogP contribution in [0.15, 0.2) is 16.7 Å². The maximum atomic E-state index is 5.05. The van der Waals surface area contributed by atoms with Crippen molar-refractivity contribution in [2.45, 2.75) is 26.2 Å². The minimum atomic E-state index is 0.127. The number of hydrogen-bond donors (Lipinski definition) is 0. The molecule has 0 radical (unpaired) electrons.